The van der Waals surface area contributed by atoms with Gasteiger partial charge >= 0.3 is 0 Å². The lowest BCUT2D eigenvalue weighted by atomic mass is 10.1. The van der Waals surface area contributed by atoms with Crippen LogP contribution < -0.4 is 0 Å². The minimum Gasteiger partial charge on any atom is -0.274 e. The molecule has 0 aromatic heterocycles. The fourth-order valence-electron chi connectivity index (χ4n) is 2.30. The van der Waals surface area contributed by atoms with Crippen molar-refractivity contribution in [1.82, 2.24) is 4.90 Å². The van der Waals surface area contributed by atoms with E-state index < -0.39 is 9.84 Å². The first kappa shape index (κ1) is 15.4. The molecule has 0 atom stereocenters. The van der Waals surface area contributed by atoms with E-state index in [2.05, 4.69) is 6.58 Å². The summed E-state index contributed by atoms with van der Waals surface area (Å²) >= 11 is 0. The number of amides is 2. The van der Waals surface area contributed by atoms with Crippen LogP contribution in [0.4, 0.5) is 0 Å². The molecule has 0 bridgehead atoms. The van der Waals surface area contributed by atoms with Crippen LogP contribution in [0.5, 0.6) is 0 Å². The summed E-state index contributed by atoms with van der Waals surface area (Å²) in [4.78, 5) is 25.3. The Labute approximate surface area is 124 Å². The third-order valence-corrected chi connectivity index (χ3v) is 4.99. The molecule has 0 saturated carbocycles. The standard InChI is InChI=1S/C15H17NO4S/c1-2-10-21(19,20)11-6-5-9-16-14(17)12-7-3-4-8-13(12)15(16)18/h2-4,7-8H,1,5-6,9-11H2. The van der Waals surface area contributed by atoms with Crippen LogP contribution in [0.3, 0.4) is 0 Å². The summed E-state index contributed by atoms with van der Waals surface area (Å²) in [5.41, 5.74) is 0.837. The fourth-order valence-corrected chi connectivity index (χ4v) is 3.47. The zero-order chi connectivity index (χ0) is 15.5. The Balaban J connectivity index is 1.90. The summed E-state index contributed by atoms with van der Waals surface area (Å²) in [7, 11) is -3.11. The van der Waals surface area contributed by atoms with Crippen LogP contribution in [0.1, 0.15) is 33.6 Å². The van der Waals surface area contributed by atoms with E-state index in [9.17, 15) is 18.0 Å². The maximum atomic E-state index is 12.1. The molecule has 1 aromatic rings. The van der Waals surface area contributed by atoms with Crippen molar-refractivity contribution in [3.63, 3.8) is 0 Å². The van der Waals surface area contributed by atoms with Gasteiger partial charge in [-0.05, 0) is 25.0 Å². The van der Waals surface area contributed by atoms with Crippen LogP contribution in [0.25, 0.3) is 0 Å². The number of benzene rings is 1. The third kappa shape index (κ3) is 3.39. The van der Waals surface area contributed by atoms with Crippen molar-refractivity contribution in [2.24, 2.45) is 0 Å². The lowest BCUT2D eigenvalue weighted by Gasteiger charge is -2.13. The van der Waals surface area contributed by atoms with Crippen molar-refractivity contribution in [2.75, 3.05) is 18.1 Å². The van der Waals surface area contributed by atoms with Crippen LogP contribution in [-0.2, 0) is 9.84 Å². The first-order valence-electron chi connectivity index (χ1n) is 6.73. The van der Waals surface area contributed by atoms with E-state index >= 15 is 0 Å². The van der Waals surface area contributed by atoms with Crippen molar-refractivity contribution in [2.45, 2.75) is 12.8 Å². The van der Waals surface area contributed by atoms with Crippen LogP contribution in [0.15, 0.2) is 36.9 Å². The monoisotopic (exact) mass is 307 g/mol. The number of hydrogen-bond acceptors (Lipinski definition) is 4. The highest BCUT2D eigenvalue weighted by molar-refractivity contribution is 7.91. The maximum Gasteiger partial charge on any atom is 0.261 e. The average molecular weight is 307 g/mol. The average Bonchev–Trinajstić information content (AvgIpc) is 2.68. The Kier molecular flexibility index (Phi) is 4.57. The van der Waals surface area contributed by atoms with Gasteiger partial charge in [-0.1, -0.05) is 18.2 Å². The summed E-state index contributed by atoms with van der Waals surface area (Å²) in [6.45, 7) is 3.65. The first-order valence-corrected chi connectivity index (χ1v) is 8.55. The summed E-state index contributed by atoms with van der Waals surface area (Å²) < 4.78 is 23.0. The Morgan fingerprint density at radius 3 is 2.14 bits per heavy atom. The van der Waals surface area contributed by atoms with Gasteiger partial charge in [-0.15, -0.1) is 6.58 Å². The predicted octanol–water partition coefficient (Wildman–Crippen LogP) is 1.66. The van der Waals surface area contributed by atoms with Crippen molar-refractivity contribution in [3.8, 4) is 0 Å². The molecule has 5 nitrogen and oxygen atoms in total. The molecule has 21 heavy (non-hydrogen) atoms. The summed E-state index contributed by atoms with van der Waals surface area (Å²) in [6.07, 6.45) is 2.25. The molecule has 0 saturated heterocycles. The van der Waals surface area contributed by atoms with Crippen LogP contribution >= 0.6 is 0 Å². The molecular weight excluding hydrogens is 290 g/mol. The highest BCUT2D eigenvalue weighted by Crippen LogP contribution is 2.22. The van der Waals surface area contributed by atoms with Gasteiger partial charge in [0, 0.05) is 6.54 Å². The van der Waals surface area contributed by atoms with Crippen molar-refractivity contribution in [1.29, 1.82) is 0 Å². The molecule has 1 aromatic carbocycles. The minimum absolute atomic E-state index is 0.0417. The molecule has 2 amide bonds. The topological polar surface area (TPSA) is 71.5 Å². The normalized spacial score (nSPS) is 14.4. The lowest BCUT2D eigenvalue weighted by molar-refractivity contribution is 0.0652. The molecule has 6 heteroatoms. The van der Waals surface area contributed by atoms with Gasteiger partial charge in [-0.3, -0.25) is 14.5 Å². The van der Waals surface area contributed by atoms with Gasteiger partial charge in [-0.2, -0.15) is 0 Å². The van der Waals surface area contributed by atoms with Crippen LogP contribution in [0.2, 0.25) is 0 Å². The molecule has 2 rings (SSSR count). The number of unbranched alkanes of at least 4 members (excludes halogenated alkanes) is 1. The fraction of sp³-hybridized carbons (Fsp3) is 0.333. The second kappa shape index (κ2) is 6.22. The zero-order valence-electron chi connectivity index (χ0n) is 11.6. The Morgan fingerprint density at radius 2 is 1.62 bits per heavy atom. The number of sulfone groups is 1. The molecule has 112 valence electrons. The van der Waals surface area contributed by atoms with Gasteiger partial charge in [0.25, 0.3) is 11.8 Å². The first-order chi connectivity index (χ1) is 9.96. The van der Waals surface area contributed by atoms with Gasteiger partial charge in [-0.25, -0.2) is 8.42 Å². The van der Waals surface area contributed by atoms with Gasteiger partial charge in [0.15, 0.2) is 9.84 Å². The summed E-state index contributed by atoms with van der Waals surface area (Å²) in [5, 5.41) is 0. The van der Waals surface area contributed by atoms with E-state index in [1.54, 1.807) is 24.3 Å². The van der Waals surface area contributed by atoms with Crippen LogP contribution in [0, 0.1) is 0 Å². The number of carbonyl (C=O) groups excluding carboxylic acids is 2. The molecule has 1 aliphatic rings. The summed E-state index contributed by atoms with van der Waals surface area (Å²) in [5.74, 6) is -0.600. The molecule has 1 heterocycles. The minimum atomic E-state index is -3.11. The van der Waals surface area contributed by atoms with Crippen molar-refractivity contribution >= 4 is 21.7 Å². The summed E-state index contributed by atoms with van der Waals surface area (Å²) in [6, 6.07) is 6.69. The van der Waals surface area contributed by atoms with Gasteiger partial charge < -0.3 is 0 Å². The quantitative estimate of drug-likeness (QED) is 0.436. The molecule has 0 aliphatic carbocycles. The molecule has 1 aliphatic heterocycles. The number of nitrogens with zero attached hydrogens (tertiary/aromatic N) is 1. The molecule has 0 spiro atoms. The van der Waals surface area contributed by atoms with Gasteiger partial charge in [0.2, 0.25) is 0 Å². The van der Waals surface area contributed by atoms with Gasteiger partial charge in [0.05, 0.1) is 22.6 Å². The highest BCUT2D eigenvalue weighted by Gasteiger charge is 2.34. The number of rotatable bonds is 7. The maximum absolute atomic E-state index is 12.1. The number of fused-ring (bicyclic) bond motifs is 1. The second-order valence-electron chi connectivity index (χ2n) is 4.92. The smallest absolute Gasteiger partial charge is 0.261 e. The van der Waals surface area contributed by atoms with E-state index in [4.69, 9.17) is 0 Å². The van der Waals surface area contributed by atoms with E-state index in [-0.39, 0.29) is 29.9 Å². The largest absolute Gasteiger partial charge is 0.274 e. The Morgan fingerprint density at radius 1 is 1.05 bits per heavy atom. The lowest BCUT2D eigenvalue weighted by Crippen LogP contribution is -2.31. The molecular formula is C15H17NO4S. The number of imide groups is 1. The Hall–Kier alpha value is -1.95. The second-order valence-corrected chi connectivity index (χ2v) is 7.15. The predicted molar refractivity (Wildman–Crippen MR) is 79.9 cm³/mol. The Bertz CT molecular complexity index is 644. The van der Waals surface area contributed by atoms with Crippen LogP contribution in [-0.4, -0.2) is 43.2 Å². The SMILES string of the molecule is C=CCS(=O)(=O)CCCCN1C(=O)c2ccccc2C1=O. The van der Waals surface area contributed by atoms with Crippen molar-refractivity contribution in [3.05, 3.63) is 48.0 Å². The third-order valence-electron chi connectivity index (χ3n) is 3.34. The van der Waals surface area contributed by atoms with E-state index in [1.807, 2.05) is 0 Å². The van der Waals surface area contributed by atoms with Gasteiger partial charge in [0.1, 0.15) is 0 Å². The van der Waals surface area contributed by atoms with E-state index in [1.165, 1.54) is 11.0 Å². The molecule has 0 unspecified atom stereocenters. The molecule has 0 fully saturated rings. The number of hydrogen-bond donors (Lipinski definition) is 0. The van der Waals surface area contributed by atoms with E-state index in [0.29, 0.717) is 24.0 Å². The molecule has 0 N–H and O–H groups in total. The highest BCUT2D eigenvalue weighted by atomic mass is 32.2. The zero-order valence-corrected chi connectivity index (χ0v) is 12.4. The molecule has 0 radical (unpaired) electrons. The number of carbonyl (C=O) groups is 2. The van der Waals surface area contributed by atoms with E-state index in [0.717, 1.165) is 0 Å². The van der Waals surface area contributed by atoms with Crippen molar-refractivity contribution < 1.29 is 18.0 Å².